The van der Waals surface area contributed by atoms with Crippen molar-refractivity contribution in [2.24, 2.45) is 0 Å². The van der Waals surface area contributed by atoms with Gasteiger partial charge < -0.3 is 10.2 Å². The fourth-order valence-electron chi connectivity index (χ4n) is 3.50. The zero-order chi connectivity index (χ0) is 20.9. The average molecular weight is 401 g/mol. The van der Waals surface area contributed by atoms with Crippen LogP contribution in [-0.2, 0) is 6.54 Å². The molecule has 0 amide bonds. The van der Waals surface area contributed by atoms with E-state index in [0.717, 1.165) is 42.9 Å². The molecule has 1 atom stereocenters. The lowest BCUT2D eigenvalue weighted by Gasteiger charge is -2.24. The molecule has 3 aromatic heterocycles. The number of rotatable bonds is 6. The lowest BCUT2D eigenvalue weighted by Crippen LogP contribution is -2.24. The van der Waals surface area contributed by atoms with Crippen LogP contribution >= 0.6 is 0 Å². The summed E-state index contributed by atoms with van der Waals surface area (Å²) in [5.74, 6) is 1.35. The maximum Gasteiger partial charge on any atom is 0.224 e. The Morgan fingerprint density at radius 1 is 1.07 bits per heavy atom. The van der Waals surface area contributed by atoms with Gasteiger partial charge in [-0.15, -0.1) is 0 Å². The normalized spacial score (nSPS) is 16.2. The van der Waals surface area contributed by atoms with Crippen molar-refractivity contribution in [2.45, 2.75) is 25.4 Å². The van der Waals surface area contributed by atoms with Gasteiger partial charge in [0.05, 0.1) is 36.0 Å². The third kappa shape index (κ3) is 4.50. The summed E-state index contributed by atoms with van der Waals surface area (Å²) < 4.78 is 0. The zero-order valence-electron chi connectivity index (χ0n) is 17.0. The molecule has 0 spiro atoms. The Morgan fingerprint density at radius 3 is 2.53 bits per heavy atom. The second kappa shape index (κ2) is 8.80. The van der Waals surface area contributed by atoms with Gasteiger partial charge in [0, 0.05) is 38.6 Å². The van der Waals surface area contributed by atoms with Crippen molar-refractivity contribution >= 4 is 17.5 Å². The minimum Gasteiger partial charge on any atom is -0.347 e. The van der Waals surface area contributed by atoms with Gasteiger partial charge in [-0.05, 0) is 31.5 Å². The van der Waals surface area contributed by atoms with Crippen molar-refractivity contribution in [1.82, 2.24) is 29.8 Å². The highest BCUT2D eigenvalue weighted by molar-refractivity contribution is 5.54. The molecule has 0 aromatic carbocycles. The van der Waals surface area contributed by atoms with Crippen LogP contribution in [-0.4, -0.2) is 50.5 Å². The van der Waals surface area contributed by atoms with Gasteiger partial charge >= 0.3 is 0 Å². The van der Waals surface area contributed by atoms with Gasteiger partial charge in [-0.3, -0.25) is 9.88 Å². The number of anilines is 3. The molecule has 1 saturated heterocycles. The highest BCUT2D eigenvalue weighted by atomic mass is 15.2. The van der Waals surface area contributed by atoms with E-state index in [0.29, 0.717) is 17.5 Å². The molecule has 4 heterocycles. The molecule has 1 N–H and O–H groups in total. The first-order chi connectivity index (χ1) is 14.6. The molecule has 30 heavy (non-hydrogen) atoms. The number of hydrogen-bond donors (Lipinski definition) is 1. The molecule has 4 rings (SSSR count). The Morgan fingerprint density at radius 2 is 1.90 bits per heavy atom. The molecule has 0 saturated carbocycles. The van der Waals surface area contributed by atoms with Gasteiger partial charge in [-0.2, -0.15) is 5.26 Å². The highest BCUT2D eigenvalue weighted by Gasteiger charge is 2.27. The maximum absolute atomic E-state index is 8.83. The average Bonchev–Trinajstić information content (AvgIpc) is 3.23. The van der Waals surface area contributed by atoms with Crippen molar-refractivity contribution in [3.05, 3.63) is 60.1 Å². The molecule has 0 bridgehead atoms. The van der Waals surface area contributed by atoms with Crippen LogP contribution < -0.4 is 10.2 Å². The zero-order valence-corrected chi connectivity index (χ0v) is 17.0. The van der Waals surface area contributed by atoms with Crippen molar-refractivity contribution < 1.29 is 0 Å². The summed E-state index contributed by atoms with van der Waals surface area (Å²) in [6.45, 7) is 1.80. The van der Waals surface area contributed by atoms with Crippen LogP contribution in [0.4, 0.5) is 17.5 Å². The van der Waals surface area contributed by atoms with E-state index in [1.54, 1.807) is 24.5 Å². The van der Waals surface area contributed by atoms with Gasteiger partial charge in [0.1, 0.15) is 17.6 Å². The second-order valence-corrected chi connectivity index (χ2v) is 7.41. The summed E-state index contributed by atoms with van der Waals surface area (Å²) in [6, 6.07) is 5.69. The number of nitrogens with one attached hydrogen (secondary N) is 1. The van der Waals surface area contributed by atoms with E-state index in [1.165, 1.54) is 0 Å². The smallest absolute Gasteiger partial charge is 0.224 e. The third-order valence-electron chi connectivity index (χ3n) is 5.00. The lowest BCUT2D eigenvalue weighted by atomic mass is 10.1. The van der Waals surface area contributed by atoms with E-state index in [-0.39, 0.29) is 6.04 Å². The van der Waals surface area contributed by atoms with Crippen molar-refractivity contribution in [3.8, 4) is 6.07 Å². The van der Waals surface area contributed by atoms with Crippen LogP contribution in [0.2, 0.25) is 0 Å². The van der Waals surface area contributed by atoms with E-state index in [4.69, 9.17) is 5.26 Å². The molecule has 0 radical (unpaired) electrons. The predicted octanol–water partition coefficient (Wildman–Crippen LogP) is 2.68. The quantitative estimate of drug-likeness (QED) is 0.667. The molecule has 0 unspecified atom stereocenters. The van der Waals surface area contributed by atoms with E-state index in [2.05, 4.69) is 35.1 Å². The van der Waals surface area contributed by atoms with Crippen LogP contribution in [0.1, 0.15) is 35.8 Å². The fourth-order valence-corrected chi connectivity index (χ4v) is 3.50. The highest BCUT2D eigenvalue weighted by Crippen LogP contribution is 2.32. The molecule has 152 valence electrons. The Bertz CT molecular complexity index is 1010. The fraction of sp³-hybridized carbons (Fsp3) is 0.333. The van der Waals surface area contributed by atoms with Crippen LogP contribution in [0.3, 0.4) is 0 Å². The van der Waals surface area contributed by atoms with Crippen molar-refractivity contribution in [1.29, 1.82) is 5.26 Å². The molecule has 1 aliphatic rings. The first-order valence-corrected chi connectivity index (χ1v) is 9.80. The van der Waals surface area contributed by atoms with E-state index >= 15 is 0 Å². The monoisotopic (exact) mass is 401 g/mol. The van der Waals surface area contributed by atoms with Gasteiger partial charge in [-0.1, -0.05) is 0 Å². The molecule has 3 aromatic rings. The molecule has 9 nitrogen and oxygen atoms in total. The summed E-state index contributed by atoms with van der Waals surface area (Å²) in [7, 11) is 3.86. The second-order valence-electron chi connectivity index (χ2n) is 7.41. The number of pyridine rings is 1. The Balaban J connectivity index is 1.41. The number of nitriles is 1. The van der Waals surface area contributed by atoms with E-state index in [1.807, 2.05) is 43.7 Å². The number of aromatic nitrogens is 5. The SMILES string of the molecule is CN(C)c1ncc(CN2CCC[C@H]2c2cnc(Nc3ccc(C#N)nc3)cn2)cn1. The molecule has 0 aliphatic carbocycles. The van der Waals surface area contributed by atoms with E-state index < -0.39 is 0 Å². The summed E-state index contributed by atoms with van der Waals surface area (Å²) in [4.78, 5) is 26.3. The summed E-state index contributed by atoms with van der Waals surface area (Å²) in [5, 5.41) is 12.0. The van der Waals surface area contributed by atoms with Gasteiger partial charge in [0.15, 0.2) is 0 Å². The first-order valence-electron chi connectivity index (χ1n) is 9.80. The minimum absolute atomic E-state index is 0.233. The molecule has 1 fully saturated rings. The third-order valence-corrected chi connectivity index (χ3v) is 5.00. The maximum atomic E-state index is 8.83. The number of nitrogens with zero attached hydrogens (tertiary/aromatic N) is 8. The Kier molecular flexibility index (Phi) is 5.77. The molecule has 9 heteroatoms. The van der Waals surface area contributed by atoms with Gasteiger partial charge in [0.25, 0.3) is 0 Å². The van der Waals surface area contributed by atoms with Crippen LogP contribution in [0.25, 0.3) is 0 Å². The number of likely N-dealkylation sites (tertiary alicyclic amines) is 1. The van der Waals surface area contributed by atoms with Gasteiger partial charge in [0.2, 0.25) is 5.95 Å². The lowest BCUT2D eigenvalue weighted by molar-refractivity contribution is 0.243. The van der Waals surface area contributed by atoms with E-state index in [9.17, 15) is 0 Å². The Labute approximate surface area is 175 Å². The largest absolute Gasteiger partial charge is 0.347 e. The van der Waals surface area contributed by atoms with Crippen molar-refractivity contribution in [2.75, 3.05) is 30.9 Å². The number of hydrogen-bond acceptors (Lipinski definition) is 9. The topological polar surface area (TPSA) is 107 Å². The van der Waals surface area contributed by atoms with Crippen LogP contribution in [0, 0.1) is 11.3 Å². The Hall–Kier alpha value is -3.64. The molecular formula is C21H23N9. The summed E-state index contributed by atoms with van der Waals surface area (Å²) >= 11 is 0. The van der Waals surface area contributed by atoms with Crippen molar-refractivity contribution in [3.63, 3.8) is 0 Å². The predicted molar refractivity (Wildman–Crippen MR) is 113 cm³/mol. The molecule has 1 aliphatic heterocycles. The molecular weight excluding hydrogens is 378 g/mol. The van der Waals surface area contributed by atoms with Crippen LogP contribution in [0.5, 0.6) is 0 Å². The first kappa shape index (κ1) is 19.7. The van der Waals surface area contributed by atoms with Gasteiger partial charge in [-0.25, -0.2) is 19.9 Å². The van der Waals surface area contributed by atoms with Crippen LogP contribution in [0.15, 0.2) is 43.1 Å². The minimum atomic E-state index is 0.233. The standard InChI is InChI=1S/C21H23N9/c1-29(2)21-26-9-15(10-27-21)14-30-7-3-4-19(30)18-12-25-20(13-24-18)28-17-6-5-16(8-22)23-11-17/h5-6,9-13,19H,3-4,7,14H2,1-2H3,(H,25,28)/t19-/m0/s1. The summed E-state index contributed by atoms with van der Waals surface area (Å²) in [5.41, 5.74) is 3.19. The summed E-state index contributed by atoms with van der Waals surface area (Å²) in [6.07, 6.45) is 11.1.